The molecule has 40 heavy (non-hydrogen) atoms. The van der Waals surface area contributed by atoms with Crippen LogP contribution in [0.25, 0.3) is 11.1 Å². The molecule has 0 saturated carbocycles. The number of aliphatic carboxylic acids is 1. The van der Waals surface area contributed by atoms with Crippen LogP contribution in [0.1, 0.15) is 80.9 Å². The average molecular weight is 547 g/mol. The lowest BCUT2D eigenvalue weighted by Gasteiger charge is -2.32. The molecule has 2 atom stereocenters. The van der Waals surface area contributed by atoms with Crippen LogP contribution >= 0.6 is 0 Å². The maximum absolute atomic E-state index is 14.1. The first-order valence-corrected chi connectivity index (χ1v) is 13.7. The highest BCUT2D eigenvalue weighted by Crippen LogP contribution is 2.28. The molecule has 0 saturated heterocycles. The predicted octanol–water partition coefficient (Wildman–Crippen LogP) is 6.70. The number of hydrogen-bond donors (Lipinski definition) is 3. The van der Waals surface area contributed by atoms with Crippen LogP contribution in [-0.2, 0) is 16.0 Å². The molecular formula is C33H39FN2O4. The molecule has 3 aromatic carbocycles. The zero-order valence-electron chi connectivity index (χ0n) is 23.7. The molecule has 0 fully saturated rings. The van der Waals surface area contributed by atoms with Gasteiger partial charge in [-0.2, -0.15) is 0 Å². The van der Waals surface area contributed by atoms with E-state index in [9.17, 15) is 18.8 Å². The molecule has 0 aliphatic carbocycles. The summed E-state index contributed by atoms with van der Waals surface area (Å²) in [6.45, 7) is 7.58. The number of benzene rings is 3. The Balaban J connectivity index is 1.86. The second kappa shape index (κ2) is 13.9. The van der Waals surface area contributed by atoms with E-state index in [1.807, 2.05) is 64.1 Å². The van der Waals surface area contributed by atoms with Gasteiger partial charge in [0.2, 0.25) is 5.91 Å². The summed E-state index contributed by atoms with van der Waals surface area (Å²) in [5.74, 6) is -1.93. The van der Waals surface area contributed by atoms with Crippen LogP contribution in [0.5, 0.6) is 0 Å². The average Bonchev–Trinajstić information content (AvgIpc) is 2.90. The van der Waals surface area contributed by atoms with Crippen LogP contribution in [0, 0.1) is 11.2 Å². The fraction of sp³-hybridized carbons (Fsp3) is 0.364. The first kappa shape index (κ1) is 30.5. The minimum atomic E-state index is -0.828. The maximum Gasteiger partial charge on any atom is 0.303 e. The number of carbonyl (C=O) groups is 3. The van der Waals surface area contributed by atoms with Crippen molar-refractivity contribution in [3.05, 3.63) is 95.3 Å². The molecule has 6 nitrogen and oxygen atoms in total. The summed E-state index contributed by atoms with van der Waals surface area (Å²) in [5.41, 5.74) is 2.77. The SMILES string of the molecule is C[C@@H](NC(=O)[C@@H](NC(=O)c1cc(CCCCCC(=O)O)ccc1-c1cccc(F)c1)C(C)(C)C)c1ccccc1. The normalized spacial score (nSPS) is 12.8. The van der Waals surface area contributed by atoms with Crippen LogP contribution < -0.4 is 10.6 Å². The van der Waals surface area contributed by atoms with E-state index in [4.69, 9.17) is 5.11 Å². The van der Waals surface area contributed by atoms with Gasteiger partial charge >= 0.3 is 5.97 Å². The lowest BCUT2D eigenvalue weighted by Crippen LogP contribution is -2.54. The van der Waals surface area contributed by atoms with Crippen molar-refractivity contribution in [1.29, 1.82) is 0 Å². The van der Waals surface area contributed by atoms with Gasteiger partial charge in [0.05, 0.1) is 6.04 Å². The number of hydrogen-bond acceptors (Lipinski definition) is 3. The topological polar surface area (TPSA) is 95.5 Å². The molecule has 0 bridgehead atoms. The van der Waals surface area contributed by atoms with Crippen molar-refractivity contribution < 1.29 is 23.9 Å². The van der Waals surface area contributed by atoms with Crippen molar-refractivity contribution in [2.24, 2.45) is 5.41 Å². The van der Waals surface area contributed by atoms with Crippen molar-refractivity contribution in [1.82, 2.24) is 10.6 Å². The van der Waals surface area contributed by atoms with E-state index in [0.717, 1.165) is 24.0 Å². The third-order valence-corrected chi connectivity index (χ3v) is 6.88. The summed E-state index contributed by atoms with van der Waals surface area (Å²) in [6.07, 6.45) is 2.92. The monoisotopic (exact) mass is 546 g/mol. The minimum absolute atomic E-state index is 0.130. The number of halogens is 1. The van der Waals surface area contributed by atoms with Gasteiger partial charge in [-0.1, -0.05) is 81.8 Å². The third kappa shape index (κ3) is 8.76. The van der Waals surface area contributed by atoms with Crippen LogP contribution in [0.2, 0.25) is 0 Å². The summed E-state index contributed by atoms with van der Waals surface area (Å²) in [6, 6.07) is 20.1. The predicted molar refractivity (Wildman–Crippen MR) is 155 cm³/mol. The number of amides is 2. The molecule has 0 aliphatic rings. The van der Waals surface area contributed by atoms with Gasteiger partial charge in [-0.15, -0.1) is 0 Å². The van der Waals surface area contributed by atoms with E-state index in [1.165, 1.54) is 12.1 Å². The van der Waals surface area contributed by atoms with E-state index in [0.29, 0.717) is 29.5 Å². The van der Waals surface area contributed by atoms with Crippen molar-refractivity contribution in [3.8, 4) is 11.1 Å². The highest BCUT2D eigenvalue weighted by molar-refractivity contribution is 6.03. The number of aryl methyl sites for hydroxylation is 1. The molecular weight excluding hydrogens is 507 g/mol. The summed E-state index contributed by atoms with van der Waals surface area (Å²) < 4.78 is 14.1. The Labute approximate surface area is 236 Å². The van der Waals surface area contributed by atoms with Gasteiger partial charge in [-0.05, 0) is 72.1 Å². The molecule has 0 unspecified atom stereocenters. The molecule has 0 aliphatic heterocycles. The van der Waals surface area contributed by atoms with Gasteiger partial charge in [0.15, 0.2) is 0 Å². The second-order valence-electron chi connectivity index (χ2n) is 11.3. The third-order valence-electron chi connectivity index (χ3n) is 6.88. The van der Waals surface area contributed by atoms with Gasteiger partial charge in [-0.3, -0.25) is 14.4 Å². The van der Waals surface area contributed by atoms with Gasteiger partial charge in [0.25, 0.3) is 5.91 Å². The fourth-order valence-corrected chi connectivity index (χ4v) is 4.63. The number of carboxylic acid groups (broad SMARTS) is 1. The highest BCUT2D eigenvalue weighted by atomic mass is 19.1. The van der Waals surface area contributed by atoms with Crippen LogP contribution in [0.15, 0.2) is 72.8 Å². The van der Waals surface area contributed by atoms with E-state index in [1.54, 1.807) is 24.3 Å². The maximum atomic E-state index is 14.1. The van der Waals surface area contributed by atoms with Gasteiger partial charge in [-0.25, -0.2) is 4.39 Å². The molecule has 0 aromatic heterocycles. The highest BCUT2D eigenvalue weighted by Gasteiger charge is 2.34. The summed E-state index contributed by atoms with van der Waals surface area (Å²) >= 11 is 0. The van der Waals surface area contributed by atoms with E-state index in [-0.39, 0.29) is 18.4 Å². The zero-order chi connectivity index (χ0) is 29.3. The van der Waals surface area contributed by atoms with E-state index < -0.39 is 29.2 Å². The molecule has 3 N–H and O–H groups in total. The number of unbranched alkanes of at least 4 members (excludes halogenated alkanes) is 2. The van der Waals surface area contributed by atoms with Crippen LogP contribution in [0.4, 0.5) is 4.39 Å². The summed E-state index contributed by atoms with van der Waals surface area (Å²) in [7, 11) is 0. The lowest BCUT2D eigenvalue weighted by molar-refractivity contribution is -0.137. The number of carbonyl (C=O) groups excluding carboxylic acids is 2. The molecule has 0 heterocycles. The first-order valence-electron chi connectivity index (χ1n) is 13.7. The Bertz CT molecular complexity index is 1320. The Morgan fingerprint density at radius 3 is 2.25 bits per heavy atom. The molecule has 212 valence electrons. The molecule has 0 spiro atoms. The first-order chi connectivity index (χ1) is 19.0. The Morgan fingerprint density at radius 1 is 0.875 bits per heavy atom. The number of nitrogens with one attached hydrogen (secondary N) is 2. The van der Waals surface area contributed by atoms with Crippen LogP contribution in [0.3, 0.4) is 0 Å². The van der Waals surface area contributed by atoms with Gasteiger partial charge in [0.1, 0.15) is 11.9 Å². The molecule has 2 amide bonds. The summed E-state index contributed by atoms with van der Waals surface area (Å²) in [5, 5.41) is 14.8. The molecule has 3 aromatic rings. The van der Waals surface area contributed by atoms with Crippen LogP contribution in [-0.4, -0.2) is 28.9 Å². The second-order valence-corrected chi connectivity index (χ2v) is 11.3. The number of carboxylic acids is 1. The minimum Gasteiger partial charge on any atom is -0.481 e. The van der Waals surface area contributed by atoms with E-state index >= 15 is 0 Å². The fourth-order valence-electron chi connectivity index (χ4n) is 4.63. The van der Waals surface area contributed by atoms with Gasteiger partial charge in [0, 0.05) is 12.0 Å². The van der Waals surface area contributed by atoms with Crippen molar-refractivity contribution in [2.45, 2.75) is 71.9 Å². The Kier molecular flexibility index (Phi) is 10.6. The standard InChI is InChI=1S/C33H39FN2O4/c1-22(24-13-8-6-9-14-24)35-32(40)30(33(2,3)4)36-31(39)28-20-23(12-7-5-10-17-29(37)38)18-19-27(28)25-15-11-16-26(34)21-25/h6,8-9,11,13-16,18-22,30H,5,7,10,12,17H2,1-4H3,(H,35,40)(H,36,39)(H,37,38)/t22-,30-/m1/s1. The Hall–Kier alpha value is -4.00. The van der Waals surface area contributed by atoms with Gasteiger partial charge < -0.3 is 15.7 Å². The van der Waals surface area contributed by atoms with Crippen molar-refractivity contribution in [3.63, 3.8) is 0 Å². The van der Waals surface area contributed by atoms with Crippen molar-refractivity contribution >= 4 is 17.8 Å². The Morgan fingerprint density at radius 2 is 1.60 bits per heavy atom. The number of rotatable bonds is 12. The molecule has 0 radical (unpaired) electrons. The largest absolute Gasteiger partial charge is 0.481 e. The quantitative estimate of drug-likeness (QED) is 0.220. The summed E-state index contributed by atoms with van der Waals surface area (Å²) in [4.78, 5) is 38.0. The molecule has 3 rings (SSSR count). The zero-order valence-corrected chi connectivity index (χ0v) is 23.7. The smallest absolute Gasteiger partial charge is 0.303 e. The van der Waals surface area contributed by atoms with E-state index in [2.05, 4.69) is 10.6 Å². The lowest BCUT2D eigenvalue weighted by atomic mass is 9.85. The van der Waals surface area contributed by atoms with Crippen molar-refractivity contribution in [2.75, 3.05) is 0 Å². The molecule has 7 heteroatoms.